The van der Waals surface area contributed by atoms with Crippen LogP contribution in [0.5, 0.6) is 0 Å². The lowest BCUT2D eigenvalue weighted by Crippen LogP contribution is -2.07. The quantitative estimate of drug-likeness (QED) is 0.822. The van der Waals surface area contributed by atoms with E-state index in [2.05, 4.69) is 33.0 Å². The SMILES string of the molecule is CCC(C)c1nc(CC(C)C)c(CNC)s1. The van der Waals surface area contributed by atoms with Gasteiger partial charge in [-0.15, -0.1) is 11.3 Å². The van der Waals surface area contributed by atoms with Crippen LogP contribution in [-0.4, -0.2) is 12.0 Å². The van der Waals surface area contributed by atoms with Crippen LogP contribution in [-0.2, 0) is 13.0 Å². The van der Waals surface area contributed by atoms with Crippen molar-refractivity contribution in [3.8, 4) is 0 Å². The Hall–Kier alpha value is -0.410. The molecule has 0 saturated heterocycles. The Morgan fingerprint density at radius 3 is 2.50 bits per heavy atom. The monoisotopic (exact) mass is 240 g/mol. The van der Waals surface area contributed by atoms with Gasteiger partial charge in [0.1, 0.15) is 0 Å². The molecule has 0 radical (unpaired) electrons. The smallest absolute Gasteiger partial charge is 0.0959 e. The maximum atomic E-state index is 4.82. The summed E-state index contributed by atoms with van der Waals surface area (Å²) >= 11 is 1.89. The first-order valence-corrected chi connectivity index (χ1v) is 7.03. The standard InChI is InChI=1S/C13H24N2S/c1-6-10(4)13-15-11(7-9(2)3)12(16-13)8-14-5/h9-10,14H,6-8H2,1-5H3. The molecule has 92 valence electrons. The second-order valence-corrected chi connectivity index (χ2v) is 5.97. The van der Waals surface area contributed by atoms with Crippen LogP contribution in [0.3, 0.4) is 0 Å². The zero-order valence-corrected chi connectivity index (χ0v) is 11.9. The van der Waals surface area contributed by atoms with E-state index in [9.17, 15) is 0 Å². The molecule has 0 spiro atoms. The Labute approximate surface area is 103 Å². The summed E-state index contributed by atoms with van der Waals surface area (Å²) in [5, 5.41) is 4.55. The summed E-state index contributed by atoms with van der Waals surface area (Å²) in [6.07, 6.45) is 2.28. The van der Waals surface area contributed by atoms with Crippen LogP contribution >= 0.6 is 11.3 Å². The highest BCUT2D eigenvalue weighted by molar-refractivity contribution is 7.11. The molecule has 0 aliphatic carbocycles. The third-order valence-electron chi connectivity index (χ3n) is 2.77. The molecule has 3 heteroatoms. The lowest BCUT2D eigenvalue weighted by Gasteiger charge is -2.04. The van der Waals surface area contributed by atoms with Gasteiger partial charge in [-0.3, -0.25) is 0 Å². The molecule has 1 atom stereocenters. The van der Waals surface area contributed by atoms with E-state index in [1.165, 1.54) is 22.0 Å². The lowest BCUT2D eigenvalue weighted by atomic mass is 10.1. The van der Waals surface area contributed by atoms with Crippen LogP contribution in [0.1, 0.15) is 55.6 Å². The third-order valence-corrected chi connectivity index (χ3v) is 4.10. The maximum absolute atomic E-state index is 4.82. The molecule has 0 fully saturated rings. The van der Waals surface area contributed by atoms with Crippen molar-refractivity contribution in [1.29, 1.82) is 0 Å². The Balaban J connectivity index is 2.90. The Morgan fingerprint density at radius 1 is 1.31 bits per heavy atom. The molecular weight excluding hydrogens is 216 g/mol. The normalized spacial score (nSPS) is 13.4. The fraction of sp³-hybridized carbons (Fsp3) is 0.769. The summed E-state index contributed by atoms with van der Waals surface area (Å²) in [4.78, 5) is 6.24. The van der Waals surface area contributed by atoms with Crippen molar-refractivity contribution < 1.29 is 0 Å². The van der Waals surface area contributed by atoms with E-state index in [-0.39, 0.29) is 0 Å². The Bertz CT molecular complexity index is 318. The summed E-state index contributed by atoms with van der Waals surface area (Å²) in [6.45, 7) is 9.96. The molecule has 0 bridgehead atoms. The van der Waals surface area contributed by atoms with Crippen molar-refractivity contribution in [3.63, 3.8) is 0 Å². The van der Waals surface area contributed by atoms with Gasteiger partial charge in [-0.2, -0.15) is 0 Å². The van der Waals surface area contributed by atoms with E-state index in [1.807, 2.05) is 18.4 Å². The van der Waals surface area contributed by atoms with Gasteiger partial charge >= 0.3 is 0 Å². The van der Waals surface area contributed by atoms with Gasteiger partial charge in [0, 0.05) is 17.3 Å². The predicted octanol–water partition coefficient (Wildman–Crippen LogP) is 3.57. The Morgan fingerprint density at radius 2 is 2.00 bits per heavy atom. The molecule has 1 aromatic rings. The molecule has 16 heavy (non-hydrogen) atoms. The van der Waals surface area contributed by atoms with E-state index < -0.39 is 0 Å². The second-order valence-electron chi connectivity index (χ2n) is 4.86. The Kier molecular flexibility index (Phi) is 5.42. The van der Waals surface area contributed by atoms with Gasteiger partial charge < -0.3 is 5.32 Å². The summed E-state index contributed by atoms with van der Waals surface area (Å²) in [5.41, 5.74) is 1.31. The molecule has 1 aromatic heterocycles. The lowest BCUT2D eigenvalue weighted by molar-refractivity contribution is 0.625. The molecule has 0 aliphatic rings. The first-order chi connectivity index (χ1) is 7.58. The zero-order chi connectivity index (χ0) is 12.1. The van der Waals surface area contributed by atoms with Crippen LogP contribution in [0.2, 0.25) is 0 Å². The average Bonchev–Trinajstić information content (AvgIpc) is 2.60. The number of thiazole rings is 1. The van der Waals surface area contributed by atoms with E-state index >= 15 is 0 Å². The van der Waals surface area contributed by atoms with Gasteiger partial charge in [-0.05, 0) is 25.8 Å². The molecule has 2 nitrogen and oxygen atoms in total. The van der Waals surface area contributed by atoms with Crippen molar-refractivity contribution in [3.05, 3.63) is 15.6 Å². The van der Waals surface area contributed by atoms with Crippen molar-refractivity contribution in [2.45, 2.75) is 53.0 Å². The summed E-state index contributed by atoms with van der Waals surface area (Å²) in [6, 6.07) is 0. The fourth-order valence-corrected chi connectivity index (χ4v) is 2.87. The van der Waals surface area contributed by atoms with Crippen molar-refractivity contribution >= 4 is 11.3 Å². The van der Waals surface area contributed by atoms with Crippen LogP contribution in [0.4, 0.5) is 0 Å². The fourth-order valence-electron chi connectivity index (χ4n) is 1.63. The number of hydrogen-bond donors (Lipinski definition) is 1. The number of nitrogens with one attached hydrogen (secondary N) is 1. The van der Waals surface area contributed by atoms with Crippen molar-refractivity contribution in [2.75, 3.05) is 7.05 Å². The summed E-state index contributed by atoms with van der Waals surface area (Å²) < 4.78 is 0. The number of hydrogen-bond acceptors (Lipinski definition) is 3. The van der Waals surface area contributed by atoms with Gasteiger partial charge in [0.2, 0.25) is 0 Å². The van der Waals surface area contributed by atoms with Gasteiger partial charge in [-0.1, -0.05) is 27.7 Å². The highest BCUT2D eigenvalue weighted by Crippen LogP contribution is 2.28. The minimum absolute atomic E-state index is 0.599. The van der Waals surface area contributed by atoms with E-state index in [4.69, 9.17) is 4.98 Å². The van der Waals surface area contributed by atoms with E-state index in [1.54, 1.807) is 0 Å². The zero-order valence-electron chi connectivity index (χ0n) is 11.1. The van der Waals surface area contributed by atoms with Gasteiger partial charge in [0.15, 0.2) is 0 Å². The van der Waals surface area contributed by atoms with Crippen LogP contribution in [0.25, 0.3) is 0 Å². The summed E-state index contributed by atoms with van der Waals surface area (Å²) in [5.74, 6) is 1.28. The molecule has 0 amide bonds. The maximum Gasteiger partial charge on any atom is 0.0959 e. The first-order valence-electron chi connectivity index (χ1n) is 6.21. The van der Waals surface area contributed by atoms with Crippen LogP contribution < -0.4 is 5.32 Å². The molecule has 0 aliphatic heterocycles. The molecule has 1 heterocycles. The topological polar surface area (TPSA) is 24.9 Å². The van der Waals surface area contributed by atoms with Crippen molar-refractivity contribution in [2.24, 2.45) is 5.92 Å². The minimum Gasteiger partial charge on any atom is -0.315 e. The predicted molar refractivity (Wildman–Crippen MR) is 72.1 cm³/mol. The van der Waals surface area contributed by atoms with Gasteiger partial charge in [0.05, 0.1) is 10.7 Å². The molecule has 0 aromatic carbocycles. The van der Waals surface area contributed by atoms with Gasteiger partial charge in [-0.25, -0.2) is 4.98 Å². The van der Waals surface area contributed by atoms with Crippen molar-refractivity contribution in [1.82, 2.24) is 10.3 Å². The highest BCUT2D eigenvalue weighted by atomic mass is 32.1. The molecule has 1 N–H and O–H groups in total. The highest BCUT2D eigenvalue weighted by Gasteiger charge is 2.15. The van der Waals surface area contributed by atoms with Crippen LogP contribution in [0.15, 0.2) is 0 Å². The first kappa shape index (κ1) is 13.7. The third kappa shape index (κ3) is 3.56. The average molecular weight is 240 g/mol. The largest absolute Gasteiger partial charge is 0.315 e. The van der Waals surface area contributed by atoms with E-state index in [0.29, 0.717) is 11.8 Å². The van der Waals surface area contributed by atoms with Crippen LogP contribution in [0, 0.1) is 5.92 Å². The number of nitrogens with zero attached hydrogens (tertiary/aromatic N) is 1. The molecule has 1 rings (SSSR count). The summed E-state index contributed by atoms with van der Waals surface area (Å²) in [7, 11) is 2.00. The second kappa shape index (κ2) is 6.36. The van der Waals surface area contributed by atoms with E-state index in [0.717, 1.165) is 13.0 Å². The van der Waals surface area contributed by atoms with Gasteiger partial charge in [0.25, 0.3) is 0 Å². The molecule has 0 saturated carbocycles. The minimum atomic E-state index is 0.599. The number of rotatable bonds is 6. The number of aromatic nitrogens is 1. The molecule has 1 unspecified atom stereocenters. The molecular formula is C13H24N2S.